The molecule has 2 fully saturated rings. The Bertz CT molecular complexity index is 368. The Hall–Kier alpha value is -1.08. The Kier molecular flexibility index (Phi) is 4.46. The van der Waals surface area contributed by atoms with Gasteiger partial charge in [0.25, 0.3) is 0 Å². The lowest BCUT2D eigenvalue weighted by Gasteiger charge is -2.42. The largest absolute Gasteiger partial charge is 0.338 e. The summed E-state index contributed by atoms with van der Waals surface area (Å²) >= 11 is 0. The molecule has 0 spiro atoms. The van der Waals surface area contributed by atoms with Crippen LogP contribution in [-0.2, 0) is 4.79 Å². The average Bonchev–Trinajstić information content (AvgIpc) is 2.47. The molecule has 4 heteroatoms. The van der Waals surface area contributed by atoms with Gasteiger partial charge in [-0.1, -0.05) is 26.2 Å². The van der Waals surface area contributed by atoms with Gasteiger partial charge in [-0.25, -0.2) is 0 Å². The zero-order valence-corrected chi connectivity index (χ0v) is 12.2. The van der Waals surface area contributed by atoms with Gasteiger partial charge in [0.05, 0.1) is 6.07 Å². The molecule has 1 unspecified atom stereocenters. The van der Waals surface area contributed by atoms with Crippen LogP contribution < -0.4 is 0 Å². The predicted molar refractivity (Wildman–Crippen MR) is 74.4 cm³/mol. The fourth-order valence-corrected chi connectivity index (χ4v) is 3.48. The van der Waals surface area contributed by atoms with Gasteiger partial charge in [0.15, 0.2) is 0 Å². The number of likely N-dealkylation sites (N-methyl/N-ethyl adjacent to an activating group) is 1. The number of piperazine rings is 1. The summed E-state index contributed by atoms with van der Waals surface area (Å²) in [6, 6.07) is 2.75. The quantitative estimate of drug-likeness (QED) is 0.765. The van der Waals surface area contributed by atoms with Crippen LogP contribution in [0.3, 0.4) is 0 Å². The first-order chi connectivity index (χ1) is 9.13. The molecule has 1 aliphatic heterocycles. The first-order valence-corrected chi connectivity index (χ1v) is 7.57. The summed E-state index contributed by atoms with van der Waals surface area (Å²) < 4.78 is 0. The van der Waals surface area contributed by atoms with Crippen LogP contribution in [0.1, 0.15) is 46.0 Å². The van der Waals surface area contributed by atoms with E-state index in [1.165, 1.54) is 0 Å². The molecule has 2 rings (SSSR count). The van der Waals surface area contributed by atoms with Crippen molar-refractivity contribution in [2.75, 3.05) is 26.2 Å². The van der Waals surface area contributed by atoms with Gasteiger partial charge in [-0.15, -0.1) is 0 Å². The molecule has 0 bridgehead atoms. The molecule has 2 aliphatic rings. The Labute approximate surface area is 116 Å². The molecule has 1 saturated carbocycles. The standard InChI is InChI=1S/C15H25N3O/c1-3-17-9-10-18(11-13(17)2)14(19)15(12-16)7-5-4-6-8-15/h13H,3-11H2,1-2H3. The van der Waals surface area contributed by atoms with Crippen molar-refractivity contribution in [2.45, 2.75) is 52.0 Å². The second-order valence-corrected chi connectivity index (χ2v) is 5.98. The topological polar surface area (TPSA) is 47.3 Å². The molecule has 1 amide bonds. The zero-order chi connectivity index (χ0) is 13.9. The van der Waals surface area contributed by atoms with E-state index >= 15 is 0 Å². The monoisotopic (exact) mass is 263 g/mol. The van der Waals surface area contributed by atoms with Crippen molar-refractivity contribution in [1.29, 1.82) is 5.26 Å². The summed E-state index contributed by atoms with van der Waals surface area (Å²) in [6.45, 7) is 7.85. The second-order valence-electron chi connectivity index (χ2n) is 5.98. The van der Waals surface area contributed by atoms with E-state index in [9.17, 15) is 10.1 Å². The highest BCUT2D eigenvalue weighted by Gasteiger charge is 2.43. The zero-order valence-electron chi connectivity index (χ0n) is 12.2. The van der Waals surface area contributed by atoms with E-state index in [-0.39, 0.29) is 5.91 Å². The van der Waals surface area contributed by atoms with Gasteiger partial charge >= 0.3 is 0 Å². The minimum atomic E-state index is -0.716. The molecule has 1 atom stereocenters. The van der Waals surface area contributed by atoms with Crippen LogP contribution in [0, 0.1) is 16.7 Å². The Morgan fingerprint density at radius 3 is 2.53 bits per heavy atom. The van der Waals surface area contributed by atoms with E-state index < -0.39 is 5.41 Å². The van der Waals surface area contributed by atoms with Crippen molar-refractivity contribution >= 4 is 5.91 Å². The third-order valence-corrected chi connectivity index (χ3v) is 4.79. The van der Waals surface area contributed by atoms with Crippen molar-refractivity contribution in [1.82, 2.24) is 9.80 Å². The lowest BCUT2D eigenvalue weighted by atomic mass is 9.74. The molecule has 0 aromatic rings. The van der Waals surface area contributed by atoms with Crippen molar-refractivity contribution in [3.63, 3.8) is 0 Å². The highest BCUT2D eigenvalue weighted by Crippen LogP contribution is 2.37. The van der Waals surface area contributed by atoms with E-state index in [4.69, 9.17) is 0 Å². The maximum absolute atomic E-state index is 12.7. The Balaban J connectivity index is 2.05. The van der Waals surface area contributed by atoms with Gasteiger partial charge < -0.3 is 4.90 Å². The summed E-state index contributed by atoms with van der Waals surface area (Å²) in [4.78, 5) is 17.1. The van der Waals surface area contributed by atoms with E-state index in [2.05, 4.69) is 24.8 Å². The number of rotatable bonds is 2. The van der Waals surface area contributed by atoms with Gasteiger partial charge in [-0.05, 0) is 26.3 Å². The van der Waals surface area contributed by atoms with E-state index in [1.807, 2.05) is 4.90 Å². The molecular weight excluding hydrogens is 238 g/mol. The molecule has 1 heterocycles. The molecule has 1 saturated heterocycles. The number of nitrogens with zero attached hydrogens (tertiary/aromatic N) is 3. The molecule has 0 radical (unpaired) electrons. The molecule has 19 heavy (non-hydrogen) atoms. The number of carbonyl (C=O) groups excluding carboxylic acids is 1. The van der Waals surface area contributed by atoms with Crippen molar-refractivity contribution in [3.8, 4) is 6.07 Å². The molecule has 106 valence electrons. The minimum Gasteiger partial charge on any atom is -0.338 e. The van der Waals surface area contributed by atoms with Crippen LogP contribution in [0.2, 0.25) is 0 Å². The molecule has 0 N–H and O–H groups in total. The molecule has 0 aromatic heterocycles. The number of carbonyl (C=O) groups is 1. The Morgan fingerprint density at radius 2 is 2.00 bits per heavy atom. The summed E-state index contributed by atoms with van der Waals surface area (Å²) in [5, 5.41) is 9.50. The lowest BCUT2D eigenvalue weighted by Crippen LogP contribution is -2.56. The average molecular weight is 263 g/mol. The summed E-state index contributed by atoms with van der Waals surface area (Å²) in [5.74, 6) is 0.0947. The number of hydrogen-bond acceptors (Lipinski definition) is 3. The SMILES string of the molecule is CCN1CCN(C(=O)C2(C#N)CCCCC2)CC1C. The molecule has 1 aliphatic carbocycles. The molecular formula is C15H25N3O. The minimum absolute atomic E-state index is 0.0947. The van der Waals surface area contributed by atoms with Gasteiger partial charge in [0.2, 0.25) is 5.91 Å². The van der Waals surface area contributed by atoms with Gasteiger partial charge in [0.1, 0.15) is 5.41 Å². The number of nitriles is 1. The van der Waals surface area contributed by atoms with Crippen LogP contribution in [0.25, 0.3) is 0 Å². The van der Waals surface area contributed by atoms with Crippen molar-refractivity contribution < 1.29 is 4.79 Å². The summed E-state index contributed by atoms with van der Waals surface area (Å²) in [6.07, 6.45) is 4.71. The Morgan fingerprint density at radius 1 is 1.32 bits per heavy atom. The van der Waals surface area contributed by atoms with Crippen LogP contribution in [0.4, 0.5) is 0 Å². The van der Waals surface area contributed by atoms with Gasteiger partial charge in [0, 0.05) is 25.7 Å². The molecule has 0 aromatic carbocycles. The third kappa shape index (κ3) is 2.76. The van der Waals surface area contributed by atoms with Gasteiger partial charge in [-0.3, -0.25) is 9.69 Å². The predicted octanol–water partition coefficient (Wildman–Crippen LogP) is 2.01. The normalized spacial score (nSPS) is 27.8. The lowest BCUT2D eigenvalue weighted by molar-refractivity contribution is -0.143. The highest BCUT2D eigenvalue weighted by molar-refractivity contribution is 5.85. The van der Waals surface area contributed by atoms with Crippen LogP contribution in [-0.4, -0.2) is 47.9 Å². The van der Waals surface area contributed by atoms with Crippen LogP contribution >= 0.6 is 0 Å². The van der Waals surface area contributed by atoms with Crippen LogP contribution in [0.15, 0.2) is 0 Å². The second kappa shape index (κ2) is 5.92. The first-order valence-electron chi connectivity index (χ1n) is 7.57. The summed E-state index contributed by atoms with van der Waals surface area (Å²) in [7, 11) is 0. The maximum Gasteiger partial charge on any atom is 0.243 e. The first kappa shape index (κ1) is 14.3. The van der Waals surface area contributed by atoms with E-state index in [1.54, 1.807) is 0 Å². The smallest absolute Gasteiger partial charge is 0.243 e. The van der Waals surface area contributed by atoms with Crippen molar-refractivity contribution in [3.05, 3.63) is 0 Å². The maximum atomic E-state index is 12.7. The van der Waals surface area contributed by atoms with Crippen molar-refractivity contribution in [2.24, 2.45) is 5.41 Å². The van der Waals surface area contributed by atoms with Gasteiger partial charge in [-0.2, -0.15) is 5.26 Å². The number of amides is 1. The fourth-order valence-electron chi connectivity index (χ4n) is 3.48. The highest BCUT2D eigenvalue weighted by atomic mass is 16.2. The van der Waals surface area contributed by atoms with E-state index in [0.717, 1.165) is 58.3 Å². The third-order valence-electron chi connectivity index (χ3n) is 4.79. The number of hydrogen-bond donors (Lipinski definition) is 0. The molecule has 4 nitrogen and oxygen atoms in total. The van der Waals surface area contributed by atoms with Crippen LogP contribution in [0.5, 0.6) is 0 Å². The summed E-state index contributed by atoms with van der Waals surface area (Å²) in [5.41, 5.74) is -0.716. The van der Waals surface area contributed by atoms with E-state index in [0.29, 0.717) is 6.04 Å². The fraction of sp³-hybridized carbons (Fsp3) is 0.867.